The average Bonchev–Trinajstić information content (AvgIpc) is 3.07. The summed E-state index contributed by atoms with van der Waals surface area (Å²) < 4.78 is 6.45. The SMILES string of the molecule is Cc1cccc(OCCCN2CCN(CC(=O)O)CCN(CC(=O)O)CCN(CC(=O)O)CC2)c1N(Cc1ccccn1)Cc1ccccn1. The molecule has 0 spiro atoms. The lowest BCUT2D eigenvalue weighted by molar-refractivity contribution is -0.140. The van der Waals surface area contributed by atoms with Crippen LogP contribution in [0.3, 0.4) is 0 Å². The molecule has 3 heterocycles. The minimum Gasteiger partial charge on any atom is -0.491 e. The number of hydrogen-bond donors (Lipinski definition) is 3. The lowest BCUT2D eigenvalue weighted by Crippen LogP contribution is -2.48. The topological polar surface area (TPSA) is 163 Å². The normalized spacial score (nSPS) is 15.9. The van der Waals surface area contributed by atoms with E-state index in [1.165, 1.54) is 0 Å². The van der Waals surface area contributed by atoms with Gasteiger partial charge in [-0.25, -0.2) is 0 Å². The smallest absolute Gasteiger partial charge is 0.317 e. The molecule has 270 valence electrons. The molecule has 3 aromatic rings. The molecule has 14 heteroatoms. The Morgan fingerprint density at radius 2 is 1.12 bits per heavy atom. The molecule has 0 saturated carbocycles. The summed E-state index contributed by atoms with van der Waals surface area (Å²) in [5, 5.41) is 28.4. The minimum absolute atomic E-state index is 0.146. The molecule has 2 aromatic heterocycles. The fourth-order valence-corrected chi connectivity index (χ4v) is 6.06. The number of carboxylic acid groups (broad SMARTS) is 3. The van der Waals surface area contributed by atoms with E-state index in [2.05, 4.69) is 32.8 Å². The third kappa shape index (κ3) is 13.3. The first-order valence-electron chi connectivity index (χ1n) is 17.0. The second-order valence-electron chi connectivity index (χ2n) is 12.5. The number of carbonyl (C=O) groups is 3. The highest BCUT2D eigenvalue weighted by Gasteiger charge is 2.21. The number of nitrogens with zero attached hydrogens (tertiary/aromatic N) is 7. The van der Waals surface area contributed by atoms with Gasteiger partial charge in [-0.3, -0.25) is 39.1 Å². The molecule has 1 aliphatic heterocycles. The Morgan fingerprint density at radius 1 is 0.660 bits per heavy atom. The van der Waals surface area contributed by atoms with E-state index >= 15 is 0 Å². The number of hydrogen-bond acceptors (Lipinski definition) is 11. The molecular weight excluding hydrogens is 642 g/mol. The maximum absolute atomic E-state index is 11.6. The van der Waals surface area contributed by atoms with Crippen LogP contribution in [0.25, 0.3) is 0 Å². The van der Waals surface area contributed by atoms with Crippen molar-refractivity contribution in [1.29, 1.82) is 0 Å². The first kappa shape index (κ1) is 38.2. The van der Waals surface area contributed by atoms with Gasteiger partial charge in [0.1, 0.15) is 5.75 Å². The van der Waals surface area contributed by atoms with Gasteiger partial charge in [-0.15, -0.1) is 0 Å². The van der Waals surface area contributed by atoms with E-state index in [0.717, 1.165) is 28.4 Å². The van der Waals surface area contributed by atoms with Gasteiger partial charge in [-0.05, 0) is 49.2 Å². The number of carboxylic acids is 3. The van der Waals surface area contributed by atoms with Crippen molar-refractivity contribution < 1.29 is 34.4 Å². The van der Waals surface area contributed by atoms with Crippen LogP contribution in [-0.2, 0) is 27.5 Å². The van der Waals surface area contributed by atoms with E-state index in [1.807, 2.05) is 58.3 Å². The van der Waals surface area contributed by atoms with Crippen molar-refractivity contribution in [2.75, 3.05) is 90.0 Å². The summed E-state index contributed by atoms with van der Waals surface area (Å²) in [5.74, 6) is -2.10. The molecule has 1 fully saturated rings. The summed E-state index contributed by atoms with van der Waals surface area (Å²) in [7, 11) is 0. The molecule has 3 N–H and O–H groups in total. The van der Waals surface area contributed by atoms with Crippen LogP contribution in [0, 0.1) is 6.92 Å². The zero-order chi connectivity index (χ0) is 35.7. The van der Waals surface area contributed by atoms with Crippen molar-refractivity contribution in [3.05, 3.63) is 83.9 Å². The number of para-hydroxylation sites is 1. The van der Waals surface area contributed by atoms with Gasteiger partial charge in [0, 0.05) is 71.3 Å². The van der Waals surface area contributed by atoms with Gasteiger partial charge < -0.3 is 29.9 Å². The summed E-state index contributed by atoms with van der Waals surface area (Å²) in [4.78, 5) is 53.7. The number of ether oxygens (including phenoxy) is 1. The van der Waals surface area contributed by atoms with Crippen LogP contribution < -0.4 is 9.64 Å². The monoisotopic (exact) mass is 691 g/mol. The first-order chi connectivity index (χ1) is 24.2. The summed E-state index contributed by atoms with van der Waals surface area (Å²) in [6, 6.07) is 17.8. The van der Waals surface area contributed by atoms with Gasteiger partial charge >= 0.3 is 17.9 Å². The summed E-state index contributed by atoms with van der Waals surface area (Å²) in [5.41, 5.74) is 3.89. The standard InChI is InChI=1S/C36H49N7O7/c1-29-8-6-11-32(36(29)43(24-30-9-2-4-12-37-30)25-31-10-3-5-13-38-31)50-23-7-14-39-15-17-40(26-33(44)45)19-21-42(28-35(48)49)22-20-41(18-16-39)27-34(46)47/h2-6,8-13H,7,14-28H2,1H3,(H,44,45)(H,46,47)(H,48,49). The lowest BCUT2D eigenvalue weighted by atomic mass is 10.1. The van der Waals surface area contributed by atoms with E-state index < -0.39 is 17.9 Å². The number of aryl methyl sites for hydroxylation is 1. The molecule has 14 nitrogen and oxygen atoms in total. The number of aliphatic carboxylic acids is 3. The predicted molar refractivity (Wildman–Crippen MR) is 188 cm³/mol. The van der Waals surface area contributed by atoms with E-state index in [4.69, 9.17) is 4.74 Å². The van der Waals surface area contributed by atoms with Gasteiger partial charge in [0.05, 0.1) is 56.4 Å². The first-order valence-corrected chi connectivity index (χ1v) is 17.0. The third-order valence-corrected chi connectivity index (χ3v) is 8.56. The number of anilines is 1. The van der Waals surface area contributed by atoms with E-state index in [1.54, 1.807) is 17.3 Å². The molecule has 0 radical (unpaired) electrons. The summed E-state index contributed by atoms with van der Waals surface area (Å²) in [6.45, 7) is 7.43. The number of rotatable bonds is 16. The Hall–Kier alpha value is -4.63. The zero-order valence-electron chi connectivity index (χ0n) is 28.8. The predicted octanol–water partition coefficient (Wildman–Crippen LogP) is 2.24. The maximum Gasteiger partial charge on any atom is 0.317 e. The second kappa shape index (κ2) is 20.1. The molecule has 1 aromatic carbocycles. The van der Waals surface area contributed by atoms with Crippen molar-refractivity contribution in [2.24, 2.45) is 0 Å². The van der Waals surface area contributed by atoms with E-state index in [-0.39, 0.29) is 19.6 Å². The Bertz CT molecular complexity index is 1430. The van der Waals surface area contributed by atoms with E-state index in [9.17, 15) is 29.7 Å². The van der Waals surface area contributed by atoms with Gasteiger partial charge in [-0.2, -0.15) is 0 Å². The highest BCUT2D eigenvalue weighted by atomic mass is 16.5. The van der Waals surface area contributed by atoms with Crippen LogP contribution >= 0.6 is 0 Å². The number of aromatic nitrogens is 2. The molecule has 4 rings (SSSR count). The second-order valence-corrected chi connectivity index (χ2v) is 12.5. The Balaban J connectivity index is 1.44. The van der Waals surface area contributed by atoms with Gasteiger partial charge in [0.15, 0.2) is 0 Å². The van der Waals surface area contributed by atoms with Crippen LogP contribution in [0.15, 0.2) is 67.0 Å². The highest BCUT2D eigenvalue weighted by Crippen LogP contribution is 2.34. The molecule has 1 saturated heterocycles. The average molecular weight is 692 g/mol. The van der Waals surface area contributed by atoms with Gasteiger partial charge in [0.2, 0.25) is 0 Å². The van der Waals surface area contributed by atoms with Crippen LogP contribution in [-0.4, -0.2) is 148 Å². The maximum atomic E-state index is 11.6. The lowest BCUT2D eigenvalue weighted by Gasteiger charge is -2.33. The minimum atomic E-state index is -0.980. The van der Waals surface area contributed by atoms with Crippen LogP contribution in [0.1, 0.15) is 23.4 Å². The summed E-state index contributed by atoms with van der Waals surface area (Å²) >= 11 is 0. The summed E-state index contributed by atoms with van der Waals surface area (Å²) in [6.07, 6.45) is 4.27. The molecule has 1 aliphatic rings. The zero-order valence-corrected chi connectivity index (χ0v) is 28.8. The van der Waals surface area contributed by atoms with Gasteiger partial charge in [0.25, 0.3) is 0 Å². The van der Waals surface area contributed by atoms with Crippen LogP contribution in [0.2, 0.25) is 0 Å². The van der Waals surface area contributed by atoms with Crippen molar-refractivity contribution in [3.63, 3.8) is 0 Å². The molecule has 0 bridgehead atoms. The van der Waals surface area contributed by atoms with Gasteiger partial charge in [-0.1, -0.05) is 24.3 Å². The largest absolute Gasteiger partial charge is 0.491 e. The number of pyridine rings is 2. The fraction of sp³-hybridized carbons (Fsp3) is 0.472. The third-order valence-electron chi connectivity index (χ3n) is 8.56. The van der Waals surface area contributed by atoms with Crippen molar-refractivity contribution in [2.45, 2.75) is 26.4 Å². The molecule has 0 amide bonds. The van der Waals surface area contributed by atoms with Crippen molar-refractivity contribution in [3.8, 4) is 5.75 Å². The molecule has 0 atom stereocenters. The number of benzene rings is 1. The molecule has 0 unspecified atom stereocenters. The fourth-order valence-electron chi connectivity index (χ4n) is 6.06. The molecule has 50 heavy (non-hydrogen) atoms. The Kier molecular flexibility index (Phi) is 15.4. The van der Waals surface area contributed by atoms with Crippen molar-refractivity contribution >= 4 is 23.6 Å². The Morgan fingerprint density at radius 3 is 1.54 bits per heavy atom. The molecular formula is C36H49N7O7. The highest BCUT2D eigenvalue weighted by molar-refractivity contribution is 5.70. The molecule has 0 aliphatic carbocycles. The quantitative estimate of drug-likeness (QED) is 0.188. The van der Waals surface area contributed by atoms with Crippen LogP contribution in [0.5, 0.6) is 5.75 Å². The van der Waals surface area contributed by atoms with Crippen molar-refractivity contribution in [1.82, 2.24) is 29.6 Å². The Labute approximate surface area is 293 Å². The van der Waals surface area contributed by atoms with Crippen LogP contribution in [0.4, 0.5) is 5.69 Å². The van der Waals surface area contributed by atoms with E-state index in [0.29, 0.717) is 85.0 Å².